The van der Waals surface area contributed by atoms with Crippen LogP contribution in [0, 0.1) is 0 Å². The second-order valence-electron chi connectivity index (χ2n) is 7.87. The summed E-state index contributed by atoms with van der Waals surface area (Å²) in [5.74, 6) is -1.11. The van der Waals surface area contributed by atoms with Crippen LogP contribution in [0.2, 0.25) is 0 Å². The number of aromatic nitrogens is 3. The Bertz CT molecular complexity index is 1490. The first-order valence-electron chi connectivity index (χ1n) is 9.99. The summed E-state index contributed by atoms with van der Waals surface area (Å²) in [4.78, 5) is 44.2. The van der Waals surface area contributed by atoms with Crippen LogP contribution in [-0.4, -0.2) is 45.3 Å². The highest BCUT2D eigenvalue weighted by molar-refractivity contribution is 5.90. The van der Waals surface area contributed by atoms with Crippen molar-refractivity contribution in [3.05, 3.63) is 75.1 Å². The van der Waals surface area contributed by atoms with E-state index in [-0.39, 0.29) is 6.42 Å². The quantitative estimate of drug-likeness (QED) is 0.486. The molecule has 0 aliphatic rings. The number of anilines is 1. The summed E-state index contributed by atoms with van der Waals surface area (Å²) < 4.78 is 2.54. The van der Waals surface area contributed by atoms with Crippen molar-refractivity contribution in [3.63, 3.8) is 0 Å². The maximum Gasteiger partial charge on any atom is 0.335 e. The number of carboxylic acid groups (broad SMARTS) is 1. The molecule has 0 bridgehead atoms. The standard InChI is InChI=1S/C23H23N5O4/c1-26(2)14-7-9-18-16(12-14)21(29)28(23(32)27(18)3)19-8-6-13(11-17(24)22(30)31)15-5-4-10-25-20(15)19/h4-10,12,17H,11,24H2,1-3H3,(H,30,31). The molecular weight excluding hydrogens is 410 g/mol. The van der Waals surface area contributed by atoms with Crippen LogP contribution in [0.4, 0.5) is 5.69 Å². The van der Waals surface area contributed by atoms with Crippen molar-refractivity contribution in [2.75, 3.05) is 19.0 Å². The van der Waals surface area contributed by atoms with Crippen molar-refractivity contribution in [3.8, 4) is 5.69 Å². The van der Waals surface area contributed by atoms with Gasteiger partial charge in [-0.05, 0) is 42.3 Å². The Morgan fingerprint density at radius 3 is 2.59 bits per heavy atom. The third-order valence-electron chi connectivity index (χ3n) is 5.61. The maximum absolute atomic E-state index is 13.5. The van der Waals surface area contributed by atoms with Crippen LogP contribution in [0.15, 0.2) is 58.3 Å². The molecule has 1 atom stereocenters. The lowest BCUT2D eigenvalue weighted by atomic mass is 10.0. The molecule has 3 N–H and O–H groups in total. The molecule has 0 fully saturated rings. The Labute approximate surface area is 182 Å². The lowest BCUT2D eigenvalue weighted by molar-refractivity contribution is -0.138. The topological polar surface area (TPSA) is 123 Å². The van der Waals surface area contributed by atoms with E-state index in [4.69, 9.17) is 5.73 Å². The van der Waals surface area contributed by atoms with Gasteiger partial charge in [0.1, 0.15) is 6.04 Å². The number of fused-ring (bicyclic) bond motifs is 2. The minimum atomic E-state index is -1.11. The van der Waals surface area contributed by atoms with Crippen molar-refractivity contribution < 1.29 is 9.90 Å². The van der Waals surface area contributed by atoms with Crippen molar-refractivity contribution >= 4 is 33.5 Å². The molecule has 0 saturated carbocycles. The molecule has 0 aliphatic carbocycles. The largest absolute Gasteiger partial charge is 0.480 e. The van der Waals surface area contributed by atoms with E-state index < -0.39 is 23.3 Å². The summed E-state index contributed by atoms with van der Waals surface area (Å²) in [5, 5.41) is 10.2. The average molecular weight is 433 g/mol. The third-order valence-corrected chi connectivity index (χ3v) is 5.61. The van der Waals surface area contributed by atoms with Crippen LogP contribution in [0.3, 0.4) is 0 Å². The maximum atomic E-state index is 13.5. The minimum absolute atomic E-state index is 0.0919. The Kier molecular flexibility index (Phi) is 5.27. The minimum Gasteiger partial charge on any atom is -0.480 e. The summed E-state index contributed by atoms with van der Waals surface area (Å²) in [5.41, 5.74) is 7.57. The molecule has 0 amide bonds. The smallest absolute Gasteiger partial charge is 0.335 e. The van der Waals surface area contributed by atoms with Gasteiger partial charge in [-0.3, -0.25) is 19.1 Å². The van der Waals surface area contributed by atoms with Gasteiger partial charge in [-0.15, -0.1) is 0 Å². The number of hydrogen-bond donors (Lipinski definition) is 2. The normalized spacial score (nSPS) is 12.2. The van der Waals surface area contributed by atoms with Crippen LogP contribution in [-0.2, 0) is 18.3 Å². The van der Waals surface area contributed by atoms with Crippen LogP contribution in [0.5, 0.6) is 0 Å². The number of rotatable bonds is 5. The Hall–Kier alpha value is -3.98. The second kappa shape index (κ2) is 7.93. The zero-order chi connectivity index (χ0) is 23.2. The van der Waals surface area contributed by atoms with Gasteiger partial charge in [0, 0.05) is 38.4 Å². The molecule has 4 aromatic rings. The number of carbonyl (C=O) groups is 1. The van der Waals surface area contributed by atoms with Crippen LogP contribution >= 0.6 is 0 Å². The Balaban J connectivity index is 2.03. The number of nitrogens with two attached hydrogens (primary N) is 1. The number of aliphatic carboxylic acids is 1. The van der Waals surface area contributed by atoms with Gasteiger partial charge in [-0.1, -0.05) is 12.1 Å². The zero-order valence-corrected chi connectivity index (χ0v) is 17.9. The Morgan fingerprint density at radius 2 is 1.91 bits per heavy atom. The van der Waals surface area contributed by atoms with E-state index in [1.807, 2.05) is 25.1 Å². The highest BCUT2D eigenvalue weighted by Gasteiger charge is 2.19. The number of hydrogen-bond acceptors (Lipinski definition) is 6. The number of aryl methyl sites for hydroxylation is 1. The lowest BCUT2D eigenvalue weighted by Gasteiger charge is -2.17. The van der Waals surface area contributed by atoms with E-state index in [9.17, 15) is 19.5 Å². The first-order valence-corrected chi connectivity index (χ1v) is 9.99. The van der Waals surface area contributed by atoms with Gasteiger partial charge in [-0.2, -0.15) is 0 Å². The summed E-state index contributed by atoms with van der Waals surface area (Å²) in [6.07, 6.45) is 1.65. The molecule has 164 valence electrons. The number of benzene rings is 2. The monoisotopic (exact) mass is 433 g/mol. The fourth-order valence-corrected chi connectivity index (χ4v) is 3.84. The number of nitrogens with zero attached hydrogens (tertiary/aromatic N) is 4. The molecular formula is C23H23N5O4. The van der Waals surface area contributed by atoms with Gasteiger partial charge >= 0.3 is 11.7 Å². The molecule has 9 heteroatoms. The lowest BCUT2D eigenvalue weighted by Crippen LogP contribution is -2.38. The van der Waals surface area contributed by atoms with E-state index >= 15 is 0 Å². The van der Waals surface area contributed by atoms with Crippen molar-refractivity contribution in [2.45, 2.75) is 12.5 Å². The van der Waals surface area contributed by atoms with Gasteiger partial charge in [-0.25, -0.2) is 9.36 Å². The first-order chi connectivity index (χ1) is 15.2. The average Bonchev–Trinajstić information content (AvgIpc) is 2.78. The molecule has 4 rings (SSSR count). The molecule has 0 saturated heterocycles. The third kappa shape index (κ3) is 3.42. The molecule has 2 heterocycles. The van der Waals surface area contributed by atoms with Gasteiger partial charge in [0.25, 0.3) is 5.56 Å². The van der Waals surface area contributed by atoms with Crippen molar-refractivity contribution in [1.29, 1.82) is 0 Å². The highest BCUT2D eigenvalue weighted by Crippen LogP contribution is 2.24. The number of pyridine rings is 1. The zero-order valence-electron chi connectivity index (χ0n) is 17.9. The van der Waals surface area contributed by atoms with Crippen molar-refractivity contribution in [2.24, 2.45) is 12.8 Å². The highest BCUT2D eigenvalue weighted by atomic mass is 16.4. The Morgan fingerprint density at radius 1 is 1.16 bits per heavy atom. The summed E-state index contributed by atoms with van der Waals surface area (Å²) in [6.45, 7) is 0. The molecule has 1 unspecified atom stereocenters. The molecule has 0 aliphatic heterocycles. The summed E-state index contributed by atoms with van der Waals surface area (Å²) in [7, 11) is 5.37. The SMILES string of the molecule is CN(C)c1ccc2c(c1)c(=O)n(-c1ccc(CC(N)C(=O)O)c3cccnc13)c(=O)n2C. The second-order valence-corrected chi connectivity index (χ2v) is 7.87. The van der Waals surface area contributed by atoms with E-state index in [1.54, 1.807) is 49.6 Å². The fourth-order valence-electron chi connectivity index (χ4n) is 3.84. The van der Waals surface area contributed by atoms with Crippen LogP contribution in [0.25, 0.3) is 27.5 Å². The first kappa shape index (κ1) is 21.3. The number of carboxylic acids is 1. The molecule has 0 radical (unpaired) electrons. The van der Waals surface area contributed by atoms with E-state index in [0.717, 1.165) is 10.3 Å². The van der Waals surface area contributed by atoms with Crippen LogP contribution in [0.1, 0.15) is 5.56 Å². The van der Waals surface area contributed by atoms with Crippen LogP contribution < -0.4 is 21.9 Å². The molecule has 32 heavy (non-hydrogen) atoms. The molecule has 9 nitrogen and oxygen atoms in total. The van der Waals surface area contributed by atoms with Gasteiger partial charge in [0.2, 0.25) is 0 Å². The van der Waals surface area contributed by atoms with E-state index in [0.29, 0.717) is 33.1 Å². The predicted molar refractivity (Wildman–Crippen MR) is 124 cm³/mol. The van der Waals surface area contributed by atoms with Gasteiger partial charge < -0.3 is 15.7 Å². The van der Waals surface area contributed by atoms with Gasteiger partial charge in [0.15, 0.2) is 0 Å². The molecule has 2 aromatic carbocycles. The summed E-state index contributed by atoms with van der Waals surface area (Å²) in [6, 6.07) is 11.1. The van der Waals surface area contributed by atoms with E-state index in [1.165, 1.54) is 4.57 Å². The van der Waals surface area contributed by atoms with Crippen molar-refractivity contribution in [1.82, 2.24) is 14.1 Å². The fraction of sp³-hybridized carbons (Fsp3) is 0.217. The summed E-state index contributed by atoms with van der Waals surface area (Å²) >= 11 is 0. The molecule has 2 aromatic heterocycles. The van der Waals surface area contributed by atoms with E-state index in [2.05, 4.69) is 4.98 Å². The molecule has 0 spiro atoms. The van der Waals surface area contributed by atoms with Gasteiger partial charge in [0.05, 0.1) is 22.1 Å². The predicted octanol–water partition coefficient (Wildman–Crippen LogP) is 1.26.